The van der Waals surface area contributed by atoms with Gasteiger partial charge in [-0.05, 0) is 49.5 Å². The number of pyridine rings is 1. The summed E-state index contributed by atoms with van der Waals surface area (Å²) in [5, 5.41) is 5.98. The van der Waals surface area contributed by atoms with Crippen LogP contribution in [0.3, 0.4) is 0 Å². The van der Waals surface area contributed by atoms with Crippen LogP contribution < -0.4 is 10.6 Å². The monoisotopic (exact) mass is 664 g/mol. The van der Waals surface area contributed by atoms with Crippen LogP contribution in [0.5, 0.6) is 0 Å². The number of aryl methyl sites for hydroxylation is 1. The van der Waals surface area contributed by atoms with Crippen molar-refractivity contribution < 1.29 is 23.9 Å². The van der Waals surface area contributed by atoms with Crippen molar-refractivity contribution in [3.63, 3.8) is 0 Å². The maximum absolute atomic E-state index is 13.4. The molecule has 1 aliphatic heterocycles. The van der Waals surface area contributed by atoms with Crippen LogP contribution in [0.25, 0.3) is 0 Å². The number of cyclic esters (lactones) is 1. The number of unbranched alkanes of at least 4 members (excludes halogenated alkanes) is 4. The zero-order valence-corrected chi connectivity index (χ0v) is 29.3. The van der Waals surface area contributed by atoms with Gasteiger partial charge in [-0.15, -0.1) is 0 Å². The van der Waals surface area contributed by atoms with E-state index in [1.165, 1.54) is 31.0 Å². The van der Waals surface area contributed by atoms with Crippen molar-refractivity contribution in [2.24, 2.45) is 5.92 Å². The number of hydrogen-bond donors (Lipinski definition) is 2. The molecule has 0 radical (unpaired) electrons. The van der Waals surface area contributed by atoms with Crippen LogP contribution in [-0.2, 0) is 43.5 Å². The molecule has 2 amide bonds. The SMILES string of the molecule is CCCCCCCC(=O)SCC/C=C/[C@@H]1CC(=O)NCc2cccc(n2)CN(Cc2ccc(C)cc2)CC(=O)N[C@@H](C(C)C)C(=O)O1. The fraction of sp³-hybridized carbons (Fsp3) is 0.541. The molecule has 256 valence electrons. The van der Waals surface area contributed by atoms with Crippen molar-refractivity contribution in [1.82, 2.24) is 20.5 Å². The number of rotatable bonds is 13. The molecule has 2 heterocycles. The molecule has 2 atom stereocenters. The number of ether oxygens (including phenoxy) is 1. The fourth-order valence-corrected chi connectivity index (χ4v) is 6.00. The third kappa shape index (κ3) is 14.9. The minimum absolute atomic E-state index is 0.0610. The summed E-state index contributed by atoms with van der Waals surface area (Å²) in [5.74, 6) is -0.800. The summed E-state index contributed by atoms with van der Waals surface area (Å²) in [4.78, 5) is 58.7. The van der Waals surface area contributed by atoms with Crippen molar-refractivity contribution in [2.75, 3.05) is 12.3 Å². The normalized spacial score (nSPS) is 18.6. The molecule has 0 aliphatic carbocycles. The number of fused-ring (bicyclic) bond motifs is 2. The lowest BCUT2D eigenvalue weighted by atomic mass is 10.0. The van der Waals surface area contributed by atoms with Crippen molar-refractivity contribution in [2.45, 2.75) is 111 Å². The topological polar surface area (TPSA) is 118 Å². The highest BCUT2D eigenvalue weighted by molar-refractivity contribution is 8.13. The number of allylic oxidation sites excluding steroid dienone is 1. The number of nitrogens with zero attached hydrogens (tertiary/aromatic N) is 2. The molecule has 0 saturated carbocycles. The Labute approximate surface area is 284 Å². The van der Waals surface area contributed by atoms with Crippen molar-refractivity contribution in [3.8, 4) is 0 Å². The van der Waals surface area contributed by atoms with Gasteiger partial charge in [0, 0.05) is 25.3 Å². The van der Waals surface area contributed by atoms with E-state index in [9.17, 15) is 19.2 Å². The van der Waals surface area contributed by atoms with E-state index in [0.29, 0.717) is 37.4 Å². The largest absolute Gasteiger partial charge is 0.456 e. The lowest BCUT2D eigenvalue weighted by Crippen LogP contribution is -2.49. The van der Waals surface area contributed by atoms with E-state index in [-0.39, 0.29) is 42.4 Å². The Morgan fingerprint density at radius 2 is 1.77 bits per heavy atom. The van der Waals surface area contributed by atoms with Crippen LogP contribution in [0.15, 0.2) is 54.6 Å². The number of aromatic nitrogens is 1. The van der Waals surface area contributed by atoms with E-state index >= 15 is 0 Å². The molecule has 1 aliphatic rings. The van der Waals surface area contributed by atoms with E-state index in [1.54, 1.807) is 6.08 Å². The predicted molar refractivity (Wildman–Crippen MR) is 187 cm³/mol. The summed E-state index contributed by atoms with van der Waals surface area (Å²) < 4.78 is 5.83. The van der Waals surface area contributed by atoms with Crippen LogP contribution in [-0.4, -0.2) is 57.2 Å². The summed E-state index contributed by atoms with van der Waals surface area (Å²) in [7, 11) is 0. The molecular formula is C37H52N4O5S. The molecule has 2 aromatic rings. The van der Waals surface area contributed by atoms with Crippen LogP contribution in [0.2, 0.25) is 0 Å². The molecule has 9 nitrogen and oxygen atoms in total. The lowest BCUT2D eigenvalue weighted by molar-refractivity contribution is -0.153. The maximum Gasteiger partial charge on any atom is 0.329 e. The van der Waals surface area contributed by atoms with Gasteiger partial charge >= 0.3 is 5.97 Å². The average molecular weight is 665 g/mol. The standard InChI is InChI=1S/C37H52N4O5S/c1-5-6-7-8-9-16-35(44)47-21-11-10-15-32-22-33(42)38-23-30-13-12-14-31(39-30)25-41(24-29-19-17-28(4)18-20-29)26-34(43)40-36(27(2)3)37(45)46-32/h10,12-15,17-20,27,32,36H,5-9,11,16,21-26H2,1-4H3,(H,38,42)(H,40,43)/b15-10+/t32-,36+/m1/s1. The van der Waals surface area contributed by atoms with Crippen LogP contribution in [0.1, 0.15) is 94.7 Å². The van der Waals surface area contributed by atoms with E-state index < -0.39 is 18.1 Å². The minimum Gasteiger partial charge on any atom is -0.456 e. The maximum atomic E-state index is 13.4. The first-order chi connectivity index (χ1) is 22.6. The van der Waals surface area contributed by atoms with Crippen molar-refractivity contribution in [1.29, 1.82) is 0 Å². The first kappa shape index (κ1) is 38.0. The molecule has 3 rings (SSSR count). The van der Waals surface area contributed by atoms with Crippen molar-refractivity contribution >= 4 is 34.7 Å². The molecule has 2 bridgehead atoms. The Bertz CT molecular complexity index is 1330. The molecule has 1 aromatic carbocycles. The number of esters is 1. The van der Waals surface area contributed by atoms with Gasteiger partial charge in [-0.2, -0.15) is 0 Å². The third-order valence-corrected chi connectivity index (χ3v) is 8.85. The van der Waals surface area contributed by atoms with Gasteiger partial charge in [-0.3, -0.25) is 24.3 Å². The van der Waals surface area contributed by atoms with Gasteiger partial charge in [0.25, 0.3) is 0 Å². The fourth-order valence-electron chi connectivity index (χ4n) is 5.23. The Hall–Kier alpha value is -3.50. The zero-order valence-electron chi connectivity index (χ0n) is 28.5. The van der Waals surface area contributed by atoms with Gasteiger partial charge in [0.05, 0.1) is 30.9 Å². The quantitative estimate of drug-likeness (QED) is 0.151. The number of carbonyl (C=O) groups is 4. The van der Waals surface area contributed by atoms with Gasteiger partial charge in [0.15, 0.2) is 5.12 Å². The van der Waals surface area contributed by atoms with Gasteiger partial charge < -0.3 is 15.4 Å². The molecule has 0 spiro atoms. The Morgan fingerprint density at radius 3 is 2.51 bits per heavy atom. The van der Waals surface area contributed by atoms with E-state index in [4.69, 9.17) is 9.72 Å². The molecule has 1 aromatic heterocycles. The molecule has 0 unspecified atom stereocenters. The van der Waals surface area contributed by atoms with Crippen molar-refractivity contribution in [3.05, 3.63) is 77.1 Å². The highest BCUT2D eigenvalue weighted by Gasteiger charge is 2.29. The Kier molecular flexibility index (Phi) is 16.7. The van der Waals surface area contributed by atoms with Crippen LogP contribution in [0.4, 0.5) is 0 Å². The number of amides is 2. The first-order valence-corrected chi connectivity index (χ1v) is 17.9. The summed E-state index contributed by atoms with van der Waals surface area (Å²) in [6, 6.07) is 12.9. The van der Waals surface area contributed by atoms with Gasteiger partial charge in [-0.25, -0.2) is 4.79 Å². The Morgan fingerprint density at radius 1 is 1.02 bits per heavy atom. The second kappa shape index (κ2) is 20.7. The van der Waals surface area contributed by atoms with E-state index in [1.807, 2.05) is 74.2 Å². The summed E-state index contributed by atoms with van der Waals surface area (Å²) in [5.41, 5.74) is 3.68. The van der Waals surface area contributed by atoms with Crippen LogP contribution in [0, 0.1) is 12.8 Å². The Balaban J connectivity index is 1.71. The smallest absolute Gasteiger partial charge is 0.329 e. The minimum atomic E-state index is -0.887. The summed E-state index contributed by atoms with van der Waals surface area (Å²) >= 11 is 1.32. The molecule has 10 heteroatoms. The molecule has 47 heavy (non-hydrogen) atoms. The number of hydrogen-bond acceptors (Lipinski definition) is 8. The zero-order chi connectivity index (χ0) is 34.0. The summed E-state index contributed by atoms with van der Waals surface area (Å²) in [6.45, 7) is 9.11. The average Bonchev–Trinajstić information content (AvgIpc) is 3.03. The highest BCUT2D eigenvalue weighted by atomic mass is 32.2. The lowest BCUT2D eigenvalue weighted by Gasteiger charge is -2.26. The third-order valence-electron chi connectivity index (χ3n) is 7.88. The number of thioether (sulfide) groups is 1. The predicted octanol–water partition coefficient (Wildman–Crippen LogP) is 6.03. The first-order valence-electron chi connectivity index (χ1n) is 16.9. The van der Waals surface area contributed by atoms with E-state index in [0.717, 1.165) is 29.7 Å². The number of carbonyl (C=O) groups excluding carboxylic acids is 4. The van der Waals surface area contributed by atoms with Gasteiger partial charge in [0.1, 0.15) is 12.1 Å². The number of nitrogens with one attached hydrogen (secondary N) is 2. The number of benzene rings is 1. The second-order valence-corrected chi connectivity index (χ2v) is 13.8. The highest BCUT2D eigenvalue weighted by Crippen LogP contribution is 2.16. The van der Waals surface area contributed by atoms with Crippen LogP contribution >= 0.6 is 11.8 Å². The van der Waals surface area contributed by atoms with Gasteiger partial charge in [-0.1, -0.05) is 100 Å². The van der Waals surface area contributed by atoms with Gasteiger partial charge in [0.2, 0.25) is 11.8 Å². The second-order valence-electron chi connectivity index (χ2n) is 12.6. The van der Waals surface area contributed by atoms with E-state index in [2.05, 4.69) is 17.6 Å². The summed E-state index contributed by atoms with van der Waals surface area (Å²) in [6.07, 6.45) is 9.40. The molecule has 0 fully saturated rings. The molecule has 0 saturated heterocycles. The molecule has 2 N–H and O–H groups in total. The molecular weight excluding hydrogens is 612 g/mol.